The third-order valence-corrected chi connectivity index (χ3v) is 4.80. The largest absolute Gasteiger partial charge is 0.493 e. The molecule has 1 amide bonds. The standard InChI is InChI=1S/C20H18F2N2O3S/c1-26-17-7-3-12(9-18(17)27-2)4-8-19(25)24-20-23-16(11-28-20)14-10-13(21)5-6-15(14)22/h3,5-7,9-11H,4,8H2,1-2H3,(H,23,24,25). The normalized spacial score (nSPS) is 10.6. The molecule has 3 rings (SSSR count). The highest BCUT2D eigenvalue weighted by atomic mass is 32.1. The van der Waals surface area contributed by atoms with Gasteiger partial charge in [0.2, 0.25) is 5.91 Å². The molecule has 0 atom stereocenters. The summed E-state index contributed by atoms with van der Waals surface area (Å²) in [5, 5.41) is 4.58. The Labute approximate surface area is 164 Å². The maximum absolute atomic E-state index is 13.8. The van der Waals surface area contributed by atoms with Crippen LogP contribution in [0.15, 0.2) is 41.8 Å². The van der Waals surface area contributed by atoms with Crippen LogP contribution in [0.3, 0.4) is 0 Å². The minimum atomic E-state index is -0.571. The number of aryl methyl sites for hydroxylation is 1. The van der Waals surface area contributed by atoms with Crippen molar-refractivity contribution in [2.24, 2.45) is 0 Å². The van der Waals surface area contributed by atoms with E-state index in [9.17, 15) is 13.6 Å². The summed E-state index contributed by atoms with van der Waals surface area (Å²) in [5.41, 5.74) is 1.26. The van der Waals surface area contributed by atoms with E-state index in [0.29, 0.717) is 23.1 Å². The SMILES string of the molecule is COc1ccc(CCC(=O)Nc2nc(-c3cc(F)ccc3F)cs2)cc1OC. The van der Waals surface area contributed by atoms with Crippen molar-refractivity contribution in [1.29, 1.82) is 0 Å². The van der Waals surface area contributed by atoms with Crippen LogP contribution in [0.25, 0.3) is 11.3 Å². The Bertz CT molecular complexity index is 991. The topological polar surface area (TPSA) is 60.5 Å². The Morgan fingerprint density at radius 2 is 1.89 bits per heavy atom. The van der Waals surface area contributed by atoms with E-state index in [0.717, 1.165) is 35.1 Å². The van der Waals surface area contributed by atoms with Gasteiger partial charge in [0.1, 0.15) is 11.6 Å². The van der Waals surface area contributed by atoms with Crippen LogP contribution in [0.1, 0.15) is 12.0 Å². The van der Waals surface area contributed by atoms with Crippen LogP contribution < -0.4 is 14.8 Å². The molecular formula is C20H18F2N2O3S. The second-order valence-corrected chi connectivity index (χ2v) is 6.76. The van der Waals surface area contributed by atoms with Crippen molar-refractivity contribution < 1.29 is 23.0 Å². The molecule has 1 aromatic heterocycles. The van der Waals surface area contributed by atoms with E-state index >= 15 is 0 Å². The van der Waals surface area contributed by atoms with E-state index in [1.807, 2.05) is 12.1 Å². The van der Waals surface area contributed by atoms with Crippen molar-refractivity contribution in [1.82, 2.24) is 4.98 Å². The molecule has 0 unspecified atom stereocenters. The van der Waals surface area contributed by atoms with Gasteiger partial charge in [-0.1, -0.05) is 6.07 Å². The molecule has 5 nitrogen and oxygen atoms in total. The first-order valence-corrected chi connectivity index (χ1v) is 9.30. The number of benzene rings is 2. The summed E-state index contributed by atoms with van der Waals surface area (Å²) >= 11 is 1.15. The molecule has 0 bridgehead atoms. The van der Waals surface area contributed by atoms with Crippen LogP contribution in [0.5, 0.6) is 11.5 Å². The Morgan fingerprint density at radius 3 is 2.64 bits per heavy atom. The van der Waals surface area contributed by atoms with Gasteiger partial charge in [0, 0.05) is 17.4 Å². The summed E-state index contributed by atoms with van der Waals surface area (Å²) in [4.78, 5) is 16.4. The van der Waals surface area contributed by atoms with Gasteiger partial charge in [0.15, 0.2) is 16.6 Å². The minimum absolute atomic E-state index is 0.0575. The van der Waals surface area contributed by atoms with E-state index < -0.39 is 11.6 Å². The van der Waals surface area contributed by atoms with Crippen molar-refractivity contribution in [3.05, 3.63) is 59.0 Å². The van der Waals surface area contributed by atoms with Gasteiger partial charge in [-0.25, -0.2) is 13.8 Å². The summed E-state index contributed by atoms with van der Waals surface area (Å²) in [6.45, 7) is 0. The van der Waals surface area contributed by atoms with Crippen LogP contribution in [0.2, 0.25) is 0 Å². The first-order chi connectivity index (χ1) is 13.5. The molecule has 0 saturated heterocycles. The van der Waals surface area contributed by atoms with E-state index in [-0.39, 0.29) is 23.6 Å². The van der Waals surface area contributed by atoms with Crippen LogP contribution in [0, 0.1) is 11.6 Å². The number of hydrogen-bond acceptors (Lipinski definition) is 5. The quantitative estimate of drug-likeness (QED) is 0.621. The molecule has 0 saturated carbocycles. The Morgan fingerprint density at radius 1 is 1.11 bits per heavy atom. The van der Waals surface area contributed by atoms with E-state index in [1.165, 1.54) is 0 Å². The lowest BCUT2D eigenvalue weighted by atomic mass is 10.1. The number of aromatic nitrogens is 1. The van der Waals surface area contributed by atoms with Gasteiger partial charge in [-0.15, -0.1) is 11.3 Å². The number of anilines is 1. The number of nitrogens with one attached hydrogen (secondary N) is 1. The highest BCUT2D eigenvalue weighted by Gasteiger charge is 2.13. The number of methoxy groups -OCH3 is 2. The highest BCUT2D eigenvalue weighted by Crippen LogP contribution is 2.29. The van der Waals surface area contributed by atoms with Crippen molar-refractivity contribution in [3.63, 3.8) is 0 Å². The lowest BCUT2D eigenvalue weighted by Crippen LogP contribution is -2.12. The smallest absolute Gasteiger partial charge is 0.226 e. The minimum Gasteiger partial charge on any atom is -0.493 e. The molecule has 1 heterocycles. The monoisotopic (exact) mass is 404 g/mol. The molecule has 1 N–H and O–H groups in total. The summed E-state index contributed by atoms with van der Waals surface area (Å²) in [5.74, 6) is -0.129. The average Bonchev–Trinajstić information content (AvgIpc) is 3.16. The maximum atomic E-state index is 13.8. The van der Waals surface area contributed by atoms with Gasteiger partial charge < -0.3 is 14.8 Å². The first kappa shape index (κ1) is 19.8. The van der Waals surface area contributed by atoms with Crippen molar-refractivity contribution in [2.45, 2.75) is 12.8 Å². The van der Waals surface area contributed by atoms with Crippen LogP contribution in [-0.4, -0.2) is 25.1 Å². The average molecular weight is 404 g/mol. The zero-order valence-corrected chi connectivity index (χ0v) is 16.1. The van der Waals surface area contributed by atoms with Gasteiger partial charge in [0.05, 0.1) is 19.9 Å². The highest BCUT2D eigenvalue weighted by molar-refractivity contribution is 7.14. The molecule has 8 heteroatoms. The van der Waals surface area contributed by atoms with Gasteiger partial charge in [-0.2, -0.15) is 0 Å². The third kappa shape index (κ3) is 4.64. The number of nitrogens with zero attached hydrogens (tertiary/aromatic N) is 1. The second-order valence-electron chi connectivity index (χ2n) is 5.90. The Kier molecular flexibility index (Phi) is 6.20. The predicted octanol–water partition coefficient (Wildman–Crippen LogP) is 4.68. The van der Waals surface area contributed by atoms with Crippen molar-refractivity contribution in [3.8, 4) is 22.8 Å². The van der Waals surface area contributed by atoms with Gasteiger partial charge in [0.25, 0.3) is 0 Å². The molecule has 2 aromatic carbocycles. The third-order valence-electron chi connectivity index (χ3n) is 4.04. The fourth-order valence-electron chi connectivity index (χ4n) is 2.62. The fourth-order valence-corrected chi connectivity index (χ4v) is 3.35. The summed E-state index contributed by atoms with van der Waals surface area (Å²) < 4.78 is 37.6. The van der Waals surface area contributed by atoms with Gasteiger partial charge >= 0.3 is 0 Å². The number of carbonyl (C=O) groups excluding carboxylic acids is 1. The van der Waals surface area contributed by atoms with Gasteiger partial charge in [-0.05, 0) is 42.3 Å². The summed E-state index contributed by atoms with van der Waals surface area (Å²) in [6.07, 6.45) is 0.738. The number of hydrogen-bond donors (Lipinski definition) is 1. The lowest BCUT2D eigenvalue weighted by molar-refractivity contribution is -0.116. The van der Waals surface area contributed by atoms with Crippen LogP contribution >= 0.6 is 11.3 Å². The van der Waals surface area contributed by atoms with E-state index in [4.69, 9.17) is 9.47 Å². The Balaban J connectivity index is 1.61. The fraction of sp³-hybridized carbons (Fsp3) is 0.200. The summed E-state index contributed by atoms with van der Waals surface area (Å²) in [7, 11) is 3.11. The number of amides is 1. The molecule has 0 aliphatic carbocycles. The number of halogens is 2. The second kappa shape index (κ2) is 8.79. The molecule has 0 aliphatic heterocycles. The van der Waals surface area contributed by atoms with E-state index in [2.05, 4.69) is 10.3 Å². The molecule has 0 aliphatic rings. The zero-order valence-electron chi connectivity index (χ0n) is 15.3. The van der Waals surface area contributed by atoms with E-state index in [1.54, 1.807) is 25.7 Å². The number of ether oxygens (including phenoxy) is 2. The molecule has 146 valence electrons. The predicted molar refractivity (Wildman–Crippen MR) is 104 cm³/mol. The molecule has 0 spiro atoms. The maximum Gasteiger partial charge on any atom is 0.226 e. The molecule has 0 fully saturated rings. The molecular weight excluding hydrogens is 386 g/mol. The number of thiazole rings is 1. The zero-order chi connectivity index (χ0) is 20.1. The number of rotatable bonds is 7. The van der Waals surface area contributed by atoms with Crippen molar-refractivity contribution in [2.75, 3.05) is 19.5 Å². The molecule has 3 aromatic rings. The van der Waals surface area contributed by atoms with Crippen LogP contribution in [-0.2, 0) is 11.2 Å². The Hall–Kier alpha value is -3.00. The van der Waals surface area contributed by atoms with Crippen LogP contribution in [0.4, 0.5) is 13.9 Å². The first-order valence-electron chi connectivity index (χ1n) is 8.42. The molecule has 0 radical (unpaired) electrons. The van der Waals surface area contributed by atoms with Gasteiger partial charge in [-0.3, -0.25) is 4.79 Å². The summed E-state index contributed by atoms with van der Waals surface area (Å²) in [6, 6.07) is 8.64. The van der Waals surface area contributed by atoms with Crippen molar-refractivity contribution >= 4 is 22.4 Å². The molecule has 28 heavy (non-hydrogen) atoms. The number of carbonyl (C=O) groups is 1. The lowest BCUT2D eigenvalue weighted by Gasteiger charge is -2.09.